The molecular formula is C15H18N2O3. The van der Waals surface area contributed by atoms with Crippen LogP contribution in [0.25, 0.3) is 0 Å². The molecular weight excluding hydrogens is 256 g/mol. The first-order valence-corrected chi connectivity index (χ1v) is 7.10. The summed E-state index contributed by atoms with van der Waals surface area (Å²) in [7, 11) is 0. The molecule has 0 aromatic carbocycles. The lowest BCUT2D eigenvalue weighted by molar-refractivity contribution is 0.0648. The highest BCUT2D eigenvalue weighted by molar-refractivity contribution is 5.95. The Morgan fingerprint density at radius 2 is 2.00 bits per heavy atom. The molecule has 2 aliphatic carbocycles. The summed E-state index contributed by atoms with van der Waals surface area (Å²) in [6, 6.07) is 3.59. The van der Waals surface area contributed by atoms with Crippen molar-refractivity contribution in [3.63, 3.8) is 0 Å². The number of nitrogens with zero attached hydrogens (tertiary/aromatic N) is 2. The summed E-state index contributed by atoms with van der Waals surface area (Å²) in [4.78, 5) is 29.2. The summed E-state index contributed by atoms with van der Waals surface area (Å²) in [5.74, 6) is -0.462. The molecule has 2 fully saturated rings. The summed E-state index contributed by atoms with van der Waals surface area (Å²) < 4.78 is 0. The Balaban J connectivity index is 1.79. The molecule has 5 nitrogen and oxygen atoms in total. The standard InChI is InChI=1S/C15H18N2O3/c1-9(10-2-3-10)17(12-5-6-12)14(18)11-4-7-13(15(19)20)16-8-11/h4,7-10,12H,2-3,5-6H2,1H3,(H,19,20). The largest absolute Gasteiger partial charge is 0.477 e. The van der Waals surface area contributed by atoms with Crippen molar-refractivity contribution in [1.82, 2.24) is 9.88 Å². The van der Waals surface area contributed by atoms with Crippen LogP contribution in [0.5, 0.6) is 0 Å². The van der Waals surface area contributed by atoms with Gasteiger partial charge in [-0.2, -0.15) is 0 Å². The minimum absolute atomic E-state index is 0.0173. The van der Waals surface area contributed by atoms with E-state index in [-0.39, 0.29) is 17.6 Å². The van der Waals surface area contributed by atoms with E-state index in [9.17, 15) is 9.59 Å². The van der Waals surface area contributed by atoms with Gasteiger partial charge < -0.3 is 10.0 Å². The van der Waals surface area contributed by atoms with Crippen molar-refractivity contribution < 1.29 is 14.7 Å². The predicted molar refractivity (Wildman–Crippen MR) is 72.6 cm³/mol. The Kier molecular flexibility index (Phi) is 3.20. The fraction of sp³-hybridized carbons (Fsp3) is 0.533. The molecule has 2 saturated carbocycles. The molecule has 1 N–H and O–H groups in total. The average molecular weight is 274 g/mol. The lowest BCUT2D eigenvalue weighted by Gasteiger charge is -2.29. The second kappa shape index (κ2) is 4.89. The van der Waals surface area contributed by atoms with Gasteiger partial charge in [-0.1, -0.05) is 0 Å². The van der Waals surface area contributed by atoms with Gasteiger partial charge in [-0.25, -0.2) is 9.78 Å². The lowest BCUT2D eigenvalue weighted by atomic mass is 10.1. The van der Waals surface area contributed by atoms with Crippen LogP contribution in [0, 0.1) is 5.92 Å². The van der Waals surface area contributed by atoms with E-state index in [4.69, 9.17) is 5.11 Å². The third-order valence-electron chi connectivity index (χ3n) is 4.15. The van der Waals surface area contributed by atoms with Crippen LogP contribution in [0.15, 0.2) is 18.3 Å². The Morgan fingerprint density at radius 3 is 2.45 bits per heavy atom. The highest BCUT2D eigenvalue weighted by atomic mass is 16.4. The summed E-state index contributed by atoms with van der Waals surface area (Å²) in [6.45, 7) is 2.12. The van der Waals surface area contributed by atoms with E-state index in [2.05, 4.69) is 11.9 Å². The zero-order valence-electron chi connectivity index (χ0n) is 11.5. The maximum Gasteiger partial charge on any atom is 0.354 e. The molecule has 3 rings (SSSR count). The number of hydrogen-bond acceptors (Lipinski definition) is 3. The van der Waals surface area contributed by atoms with Gasteiger partial charge in [0, 0.05) is 18.3 Å². The van der Waals surface area contributed by atoms with E-state index in [1.165, 1.54) is 25.1 Å². The summed E-state index contributed by atoms with van der Waals surface area (Å²) in [5, 5.41) is 8.83. The first-order chi connectivity index (χ1) is 9.58. The fourth-order valence-corrected chi connectivity index (χ4v) is 2.64. The van der Waals surface area contributed by atoms with Crippen LogP contribution in [0.2, 0.25) is 0 Å². The monoisotopic (exact) mass is 274 g/mol. The molecule has 1 amide bonds. The number of hydrogen-bond donors (Lipinski definition) is 1. The van der Waals surface area contributed by atoms with Gasteiger partial charge in [0.25, 0.3) is 5.91 Å². The van der Waals surface area contributed by atoms with Crippen molar-refractivity contribution in [2.24, 2.45) is 5.92 Å². The minimum atomic E-state index is -1.07. The van der Waals surface area contributed by atoms with Gasteiger partial charge in [-0.3, -0.25) is 4.79 Å². The maximum atomic E-state index is 12.6. The Bertz CT molecular complexity index is 533. The highest BCUT2D eigenvalue weighted by Gasteiger charge is 2.41. The van der Waals surface area contributed by atoms with Gasteiger partial charge in [0.2, 0.25) is 0 Å². The van der Waals surface area contributed by atoms with Crippen molar-refractivity contribution >= 4 is 11.9 Å². The molecule has 1 aromatic rings. The van der Waals surface area contributed by atoms with Crippen LogP contribution >= 0.6 is 0 Å². The molecule has 1 atom stereocenters. The maximum absolute atomic E-state index is 12.6. The number of pyridine rings is 1. The predicted octanol–water partition coefficient (Wildman–Crippen LogP) is 2.18. The minimum Gasteiger partial charge on any atom is -0.477 e. The van der Waals surface area contributed by atoms with Gasteiger partial charge in [-0.05, 0) is 50.7 Å². The fourth-order valence-electron chi connectivity index (χ4n) is 2.64. The molecule has 1 aromatic heterocycles. The van der Waals surface area contributed by atoms with Gasteiger partial charge in [0.05, 0.1) is 5.56 Å². The topological polar surface area (TPSA) is 70.5 Å². The average Bonchev–Trinajstić information content (AvgIpc) is 3.29. The first-order valence-electron chi connectivity index (χ1n) is 7.10. The SMILES string of the molecule is CC(C1CC1)N(C(=O)c1ccc(C(=O)O)nc1)C1CC1. The highest BCUT2D eigenvalue weighted by Crippen LogP contribution is 2.40. The van der Waals surface area contributed by atoms with Crippen molar-refractivity contribution in [3.8, 4) is 0 Å². The van der Waals surface area contributed by atoms with E-state index < -0.39 is 5.97 Å². The molecule has 5 heteroatoms. The third-order valence-corrected chi connectivity index (χ3v) is 4.15. The Morgan fingerprint density at radius 1 is 1.30 bits per heavy atom. The van der Waals surface area contributed by atoms with Crippen LogP contribution in [0.3, 0.4) is 0 Å². The summed E-state index contributed by atoms with van der Waals surface area (Å²) >= 11 is 0. The lowest BCUT2D eigenvalue weighted by Crippen LogP contribution is -2.41. The smallest absolute Gasteiger partial charge is 0.354 e. The van der Waals surface area contributed by atoms with E-state index in [1.54, 1.807) is 6.07 Å². The molecule has 106 valence electrons. The molecule has 0 saturated heterocycles. The molecule has 0 spiro atoms. The zero-order chi connectivity index (χ0) is 14.3. The summed E-state index contributed by atoms with van der Waals surface area (Å²) in [5.41, 5.74) is 0.448. The second-order valence-corrected chi connectivity index (χ2v) is 5.76. The Labute approximate surface area is 117 Å². The number of aromatic carboxylic acids is 1. The van der Waals surface area contributed by atoms with Crippen LogP contribution in [0.1, 0.15) is 53.5 Å². The zero-order valence-corrected chi connectivity index (χ0v) is 11.5. The van der Waals surface area contributed by atoms with Crippen molar-refractivity contribution in [2.45, 2.75) is 44.7 Å². The number of carboxylic acid groups (broad SMARTS) is 1. The van der Waals surface area contributed by atoms with E-state index >= 15 is 0 Å². The normalized spacial score (nSPS) is 19.4. The quantitative estimate of drug-likeness (QED) is 0.893. The third kappa shape index (κ3) is 2.53. The van der Waals surface area contributed by atoms with Crippen molar-refractivity contribution in [1.29, 1.82) is 0 Å². The first kappa shape index (κ1) is 13.1. The van der Waals surface area contributed by atoms with Crippen molar-refractivity contribution in [3.05, 3.63) is 29.6 Å². The number of carboxylic acids is 1. The van der Waals surface area contributed by atoms with E-state index in [0.717, 1.165) is 12.8 Å². The molecule has 0 aliphatic heterocycles. The van der Waals surface area contributed by atoms with E-state index in [1.807, 2.05) is 4.90 Å². The van der Waals surface area contributed by atoms with Crippen LogP contribution in [-0.2, 0) is 0 Å². The number of aromatic nitrogens is 1. The number of carbonyl (C=O) groups is 2. The number of amides is 1. The van der Waals surface area contributed by atoms with Crippen molar-refractivity contribution in [2.75, 3.05) is 0 Å². The van der Waals surface area contributed by atoms with Gasteiger partial charge in [0.1, 0.15) is 5.69 Å². The molecule has 0 bridgehead atoms. The second-order valence-electron chi connectivity index (χ2n) is 5.76. The van der Waals surface area contributed by atoms with E-state index in [0.29, 0.717) is 17.5 Å². The molecule has 1 unspecified atom stereocenters. The van der Waals surface area contributed by atoms with Crippen LogP contribution < -0.4 is 0 Å². The van der Waals surface area contributed by atoms with Crippen LogP contribution in [0.4, 0.5) is 0 Å². The molecule has 0 radical (unpaired) electrons. The number of carbonyl (C=O) groups excluding carboxylic acids is 1. The van der Waals surface area contributed by atoms with Gasteiger partial charge in [-0.15, -0.1) is 0 Å². The molecule has 20 heavy (non-hydrogen) atoms. The van der Waals surface area contributed by atoms with Gasteiger partial charge in [0.15, 0.2) is 0 Å². The molecule has 2 aliphatic rings. The Hall–Kier alpha value is -1.91. The van der Waals surface area contributed by atoms with Gasteiger partial charge >= 0.3 is 5.97 Å². The summed E-state index contributed by atoms with van der Waals surface area (Å²) in [6.07, 6.45) is 5.93. The van der Waals surface area contributed by atoms with Crippen LogP contribution in [-0.4, -0.2) is 39.0 Å². The number of rotatable bonds is 5. The molecule has 1 heterocycles.